The number of nitrogens with zero attached hydrogens (tertiary/aromatic N) is 1. The van der Waals surface area contributed by atoms with E-state index in [0.717, 1.165) is 41.0 Å². The standard InChI is InChI=1S/C24H30N2O/c1-6-7-20-8-10-21(11-9-20)15-17(3)26-19(5)18(4)22-12-13-23(24(25)27)16(2)14-22/h8-14H,6-7,15H2,1-5H3,(H2,25,27)/b19-18+,26-17?. The molecule has 3 nitrogen and oxygen atoms in total. The Kier molecular flexibility index (Phi) is 7.12. The summed E-state index contributed by atoms with van der Waals surface area (Å²) in [5.74, 6) is -0.392. The lowest BCUT2D eigenvalue weighted by Crippen LogP contribution is -2.12. The number of aryl methyl sites for hydroxylation is 2. The van der Waals surface area contributed by atoms with Gasteiger partial charge in [0.15, 0.2) is 0 Å². The minimum absolute atomic E-state index is 0.392. The van der Waals surface area contributed by atoms with E-state index in [-0.39, 0.29) is 0 Å². The summed E-state index contributed by atoms with van der Waals surface area (Å²) in [6, 6.07) is 14.5. The molecule has 0 bridgehead atoms. The molecule has 0 spiro atoms. The van der Waals surface area contributed by atoms with E-state index in [2.05, 4.69) is 45.0 Å². The topological polar surface area (TPSA) is 55.4 Å². The van der Waals surface area contributed by atoms with Crippen LogP contribution in [0.2, 0.25) is 0 Å². The second-order valence-corrected chi connectivity index (χ2v) is 7.19. The average Bonchev–Trinajstić information content (AvgIpc) is 2.62. The molecule has 0 unspecified atom stereocenters. The molecule has 0 aliphatic rings. The summed E-state index contributed by atoms with van der Waals surface area (Å²) in [7, 11) is 0. The van der Waals surface area contributed by atoms with Gasteiger partial charge in [-0.25, -0.2) is 0 Å². The zero-order chi connectivity index (χ0) is 20.0. The maximum atomic E-state index is 11.4. The number of amides is 1. The van der Waals surface area contributed by atoms with Gasteiger partial charge >= 0.3 is 0 Å². The fourth-order valence-corrected chi connectivity index (χ4v) is 3.20. The van der Waals surface area contributed by atoms with Crippen LogP contribution in [0.3, 0.4) is 0 Å². The smallest absolute Gasteiger partial charge is 0.248 e. The van der Waals surface area contributed by atoms with Crippen molar-refractivity contribution in [1.29, 1.82) is 0 Å². The summed E-state index contributed by atoms with van der Waals surface area (Å²) >= 11 is 0. The first-order chi connectivity index (χ1) is 12.8. The molecule has 2 N–H and O–H groups in total. The van der Waals surface area contributed by atoms with E-state index in [4.69, 9.17) is 10.7 Å². The lowest BCUT2D eigenvalue weighted by Gasteiger charge is -2.09. The molecule has 0 atom stereocenters. The first-order valence-corrected chi connectivity index (χ1v) is 9.52. The molecule has 0 saturated heterocycles. The van der Waals surface area contributed by atoms with Crippen molar-refractivity contribution in [3.63, 3.8) is 0 Å². The van der Waals surface area contributed by atoms with Crippen molar-refractivity contribution < 1.29 is 4.79 Å². The number of benzene rings is 2. The number of carbonyl (C=O) groups is 1. The predicted octanol–water partition coefficient (Wildman–Crippen LogP) is 5.50. The van der Waals surface area contributed by atoms with E-state index in [1.807, 2.05) is 26.0 Å². The van der Waals surface area contributed by atoms with Gasteiger partial charge in [0.25, 0.3) is 0 Å². The molecule has 142 valence electrons. The highest BCUT2D eigenvalue weighted by Crippen LogP contribution is 2.22. The van der Waals surface area contributed by atoms with Crippen LogP contribution in [0.5, 0.6) is 0 Å². The van der Waals surface area contributed by atoms with Gasteiger partial charge in [-0.15, -0.1) is 0 Å². The first-order valence-electron chi connectivity index (χ1n) is 9.52. The Balaban J connectivity index is 2.18. The van der Waals surface area contributed by atoms with Crippen molar-refractivity contribution in [3.05, 3.63) is 76.0 Å². The molecule has 0 aliphatic carbocycles. The van der Waals surface area contributed by atoms with Gasteiger partial charge in [-0.1, -0.05) is 49.7 Å². The van der Waals surface area contributed by atoms with Crippen LogP contribution in [0.1, 0.15) is 66.7 Å². The maximum absolute atomic E-state index is 11.4. The van der Waals surface area contributed by atoms with Gasteiger partial charge in [0, 0.05) is 23.4 Å². The molecule has 2 aromatic carbocycles. The van der Waals surface area contributed by atoms with E-state index >= 15 is 0 Å². The molecule has 0 heterocycles. The molecule has 0 fully saturated rings. The van der Waals surface area contributed by atoms with E-state index in [1.54, 1.807) is 6.07 Å². The Hall–Kier alpha value is -2.68. The van der Waals surface area contributed by atoms with E-state index in [0.29, 0.717) is 5.56 Å². The Labute approximate surface area is 163 Å². The van der Waals surface area contributed by atoms with Crippen LogP contribution in [0.25, 0.3) is 5.57 Å². The van der Waals surface area contributed by atoms with Crippen LogP contribution in [0.4, 0.5) is 0 Å². The van der Waals surface area contributed by atoms with E-state index in [9.17, 15) is 4.79 Å². The minimum atomic E-state index is -0.392. The second kappa shape index (κ2) is 9.31. The molecular formula is C24H30N2O. The third kappa shape index (κ3) is 5.65. The number of carbonyl (C=O) groups excluding carboxylic acids is 1. The number of rotatable bonds is 7. The number of hydrogen-bond donors (Lipinski definition) is 1. The number of aliphatic imine (C=N–C) groups is 1. The lowest BCUT2D eigenvalue weighted by molar-refractivity contribution is 0.0999. The predicted molar refractivity (Wildman–Crippen MR) is 115 cm³/mol. The summed E-state index contributed by atoms with van der Waals surface area (Å²) in [4.78, 5) is 16.2. The third-order valence-corrected chi connectivity index (χ3v) is 4.85. The zero-order valence-corrected chi connectivity index (χ0v) is 17.1. The van der Waals surface area contributed by atoms with Crippen molar-refractivity contribution in [1.82, 2.24) is 0 Å². The zero-order valence-electron chi connectivity index (χ0n) is 17.1. The summed E-state index contributed by atoms with van der Waals surface area (Å²) in [6.07, 6.45) is 3.14. The first kappa shape index (κ1) is 20.6. The summed E-state index contributed by atoms with van der Waals surface area (Å²) in [6.45, 7) is 10.3. The molecule has 3 heteroatoms. The normalized spacial score (nSPS) is 12.7. The number of primary amides is 1. The Morgan fingerprint density at radius 1 is 1.00 bits per heavy atom. The van der Waals surface area contributed by atoms with Gasteiger partial charge in [-0.2, -0.15) is 0 Å². The van der Waals surface area contributed by atoms with Crippen molar-refractivity contribution in [2.45, 2.75) is 53.9 Å². The summed E-state index contributed by atoms with van der Waals surface area (Å²) < 4.78 is 0. The van der Waals surface area contributed by atoms with Crippen LogP contribution in [0.15, 0.2) is 53.2 Å². The molecule has 1 amide bonds. The molecule has 2 aromatic rings. The second-order valence-electron chi connectivity index (χ2n) is 7.19. The van der Waals surface area contributed by atoms with Crippen molar-refractivity contribution in [2.24, 2.45) is 10.7 Å². The maximum Gasteiger partial charge on any atom is 0.248 e. The summed E-state index contributed by atoms with van der Waals surface area (Å²) in [5.41, 5.74) is 13.8. The Morgan fingerprint density at radius 2 is 1.63 bits per heavy atom. The monoisotopic (exact) mass is 362 g/mol. The molecule has 2 rings (SSSR count). The fraction of sp³-hybridized carbons (Fsp3) is 0.333. The van der Waals surface area contributed by atoms with E-state index in [1.165, 1.54) is 17.5 Å². The number of hydrogen-bond acceptors (Lipinski definition) is 2. The molecule has 0 saturated carbocycles. The van der Waals surface area contributed by atoms with E-state index < -0.39 is 5.91 Å². The van der Waals surface area contributed by atoms with Gasteiger partial charge in [-0.05, 0) is 68.0 Å². The fourth-order valence-electron chi connectivity index (χ4n) is 3.20. The van der Waals surface area contributed by atoms with Crippen LogP contribution in [-0.2, 0) is 12.8 Å². The molecular weight excluding hydrogens is 332 g/mol. The van der Waals surface area contributed by atoms with Crippen LogP contribution >= 0.6 is 0 Å². The molecule has 0 radical (unpaired) electrons. The van der Waals surface area contributed by atoms with Crippen molar-refractivity contribution in [2.75, 3.05) is 0 Å². The largest absolute Gasteiger partial charge is 0.366 e. The van der Waals surface area contributed by atoms with Gasteiger partial charge in [0.1, 0.15) is 0 Å². The van der Waals surface area contributed by atoms with Gasteiger partial charge in [0.05, 0.1) is 0 Å². The number of nitrogens with two attached hydrogens (primary N) is 1. The molecule has 27 heavy (non-hydrogen) atoms. The summed E-state index contributed by atoms with van der Waals surface area (Å²) in [5, 5.41) is 0. The third-order valence-electron chi connectivity index (χ3n) is 4.85. The quantitative estimate of drug-likeness (QED) is 0.650. The lowest BCUT2D eigenvalue weighted by atomic mass is 9.99. The highest BCUT2D eigenvalue weighted by atomic mass is 16.1. The minimum Gasteiger partial charge on any atom is -0.366 e. The van der Waals surface area contributed by atoms with Gasteiger partial charge in [0.2, 0.25) is 5.91 Å². The van der Waals surface area contributed by atoms with Crippen LogP contribution in [-0.4, -0.2) is 11.6 Å². The highest BCUT2D eigenvalue weighted by molar-refractivity contribution is 5.94. The Bertz CT molecular complexity index is 874. The van der Waals surface area contributed by atoms with Gasteiger partial charge < -0.3 is 5.73 Å². The van der Waals surface area contributed by atoms with Crippen LogP contribution < -0.4 is 5.73 Å². The Morgan fingerprint density at radius 3 is 2.19 bits per heavy atom. The van der Waals surface area contributed by atoms with Crippen molar-refractivity contribution >= 4 is 17.2 Å². The molecule has 0 aromatic heterocycles. The average molecular weight is 363 g/mol. The molecule has 0 aliphatic heterocycles. The van der Waals surface area contributed by atoms with Crippen LogP contribution in [0, 0.1) is 6.92 Å². The van der Waals surface area contributed by atoms with Gasteiger partial charge in [-0.3, -0.25) is 9.79 Å². The SMILES string of the molecule is CCCc1ccc(CC(C)=N/C(C)=C(\C)c2ccc(C(N)=O)c(C)c2)cc1. The van der Waals surface area contributed by atoms with Crippen molar-refractivity contribution in [3.8, 4) is 0 Å². The number of allylic oxidation sites excluding steroid dienone is 2. The highest BCUT2D eigenvalue weighted by Gasteiger charge is 2.08.